The molecule has 0 rings (SSSR count). The van der Waals surface area contributed by atoms with E-state index in [0.717, 1.165) is 13.1 Å². The highest BCUT2D eigenvalue weighted by Gasteiger charge is 2.07. The van der Waals surface area contributed by atoms with Gasteiger partial charge in [0, 0.05) is 25.2 Å². The van der Waals surface area contributed by atoms with Crippen LogP contribution in [-0.2, 0) is 0 Å². The van der Waals surface area contributed by atoms with E-state index in [9.17, 15) is 0 Å². The number of nitrogens with zero attached hydrogens (tertiary/aromatic N) is 1. The van der Waals surface area contributed by atoms with E-state index in [1.807, 2.05) is 0 Å². The molecule has 14 heavy (non-hydrogen) atoms. The van der Waals surface area contributed by atoms with Crippen LogP contribution >= 0.6 is 0 Å². The lowest BCUT2D eigenvalue weighted by Crippen LogP contribution is -2.38. The molecular weight excluding hydrogens is 172 g/mol. The maximum Gasteiger partial charge on any atom is 0.0107 e. The fourth-order valence-corrected chi connectivity index (χ4v) is 1.55. The maximum atomic E-state index is 3.59. The SMILES string of the molecule is CCC(CC)NCCN(C)C(C)CC. The molecule has 1 unspecified atom stereocenters. The van der Waals surface area contributed by atoms with Gasteiger partial charge in [-0.05, 0) is 33.2 Å². The van der Waals surface area contributed by atoms with Crippen molar-refractivity contribution in [2.45, 2.75) is 59.0 Å². The van der Waals surface area contributed by atoms with Crippen LogP contribution in [0.3, 0.4) is 0 Å². The highest BCUT2D eigenvalue weighted by molar-refractivity contribution is 4.66. The average molecular weight is 200 g/mol. The first kappa shape index (κ1) is 13.9. The van der Waals surface area contributed by atoms with Crippen molar-refractivity contribution >= 4 is 0 Å². The zero-order valence-corrected chi connectivity index (χ0v) is 10.6. The summed E-state index contributed by atoms with van der Waals surface area (Å²) in [5.41, 5.74) is 0. The highest BCUT2D eigenvalue weighted by atomic mass is 15.1. The van der Waals surface area contributed by atoms with Gasteiger partial charge < -0.3 is 10.2 Å². The van der Waals surface area contributed by atoms with Gasteiger partial charge in [-0.25, -0.2) is 0 Å². The number of nitrogens with one attached hydrogen (secondary N) is 1. The Morgan fingerprint density at radius 3 is 2.07 bits per heavy atom. The first-order valence-electron chi connectivity index (χ1n) is 6.09. The zero-order valence-electron chi connectivity index (χ0n) is 10.6. The molecule has 0 bridgehead atoms. The van der Waals surface area contributed by atoms with Crippen molar-refractivity contribution in [3.8, 4) is 0 Å². The van der Waals surface area contributed by atoms with Crippen LogP contribution in [0, 0.1) is 0 Å². The Hall–Kier alpha value is -0.0800. The Labute approximate surface area is 90.1 Å². The van der Waals surface area contributed by atoms with E-state index >= 15 is 0 Å². The summed E-state index contributed by atoms with van der Waals surface area (Å²) in [6.07, 6.45) is 3.72. The van der Waals surface area contributed by atoms with Crippen molar-refractivity contribution in [3.05, 3.63) is 0 Å². The molecule has 1 atom stereocenters. The number of likely N-dealkylation sites (N-methyl/N-ethyl adjacent to an activating group) is 1. The molecule has 0 amide bonds. The summed E-state index contributed by atoms with van der Waals surface area (Å²) in [5.74, 6) is 0. The van der Waals surface area contributed by atoms with Crippen molar-refractivity contribution < 1.29 is 0 Å². The Balaban J connectivity index is 3.52. The number of hydrogen-bond acceptors (Lipinski definition) is 2. The molecule has 0 spiro atoms. The minimum Gasteiger partial charge on any atom is -0.313 e. The molecule has 2 heteroatoms. The first-order valence-corrected chi connectivity index (χ1v) is 6.09. The van der Waals surface area contributed by atoms with Crippen LogP contribution in [0.2, 0.25) is 0 Å². The van der Waals surface area contributed by atoms with Gasteiger partial charge in [-0.2, -0.15) is 0 Å². The predicted octanol–water partition coefficient (Wildman–Crippen LogP) is 2.49. The maximum absolute atomic E-state index is 3.59. The van der Waals surface area contributed by atoms with Gasteiger partial charge in [0.1, 0.15) is 0 Å². The molecule has 0 aromatic rings. The smallest absolute Gasteiger partial charge is 0.0107 e. The van der Waals surface area contributed by atoms with Crippen LogP contribution in [0.15, 0.2) is 0 Å². The minimum atomic E-state index is 0.707. The topological polar surface area (TPSA) is 15.3 Å². The van der Waals surface area contributed by atoms with Gasteiger partial charge in [-0.1, -0.05) is 20.8 Å². The molecular formula is C12H28N2. The van der Waals surface area contributed by atoms with Crippen LogP contribution in [0.1, 0.15) is 47.0 Å². The fourth-order valence-electron chi connectivity index (χ4n) is 1.55. The zero-order chi connectivity index (χ0) is 11.0. The van der Waals surface area contributed by atoms with Gasteiger partial charge in [0.05, 0.1) is 0 Å². The second kappa shape index (κ2) is 8.25. The molecule has 86 valence electrons. The van der Waals surface area contributed by atoms with Gasteiger partial charge in [0.25, 0.3) is 0 Å². The van der Waals surface area contributed by atoms with Crippen molar-refractivity contribution in [2.24, 2.45) is 0 Å². The lowest BCUT2D eigenvalue weighted by molar-refractivity contribution is 0.247. The van der Waals surface area contributed by atoms with Gasteiger partial charge >= 0.3 is 0 Å². The third-order valence-electron chi connectivity index (χ3n) is 3.23. The first-order chi connectivity index (χ1) is 6.65. The third-order valence-corrected chi connectivity index (χ3v) is 3.23. The Morgan fingerprint density at radius 1 is 1.07 bits per heavy atom. The van der Waals surface area contributed by atoms with Crippen LogP contribution < -0.4 is 5.32 Å². The van der Waals surface area contributed by atoms with E-state index in [4.69, 9.17) is 0 Å². The van der Waals surface area contributed by atoms with E-state index in [1.54, 1.807) is 0 Å². The highest BCUT2D eigenvalue weighted by Crippen LogP contribution is 1.99. The van der Waals surface area contributed by atoms with E-state index < -0.39 is 0 Å². The Morgan fingerprint density at radius 2 is 1.64 bits per heavy atom. The molecule has 1 N–H and O–H groups in total. The summed E-state index contributed by atoms with van der Waals surface area (Å²) in [7, 11) is 2.21. The number of rotatable bonds is 8. The van der Waals surface area contributed by atoms with Crippen LogP contribution in [0.4, 0.5) is 0 Å². The molecule has 2 nitrogen and oxygen atoms in total. The summed E-state index contributed by atoms with van der Waals surface area (Å²) >= 11 is 0. The van der Waals surface area contributed by atoms with Crippen LogP contribution in [-0.4, -0.2) is 37.1 Å². The summed E-state index contributed by atoms with van der Waals surface area (Å²) in [4.78, 5) is 2.43. The lowest BCUT2D eigenvalue weighted by atomic mass is 10.2. The lowest BCUT2D eigenvalue weighted by Gasteiger charge is -2.24. The van der Waals surface area contributed by atoms with E-state index in [-0.39, 0.29) is 0 Å². The molecule has 0 aliphatic carbocycles. The average Bonchev–Trinajstić information content (AvgIpc) is 2.22. The minimum absolute atomic E-state index is 0.707. The molecule has 0 fully saturated rings. The Bertz CT molecular complexity index is 121. The van der Waals surface area contributed by atoms with Gasteiger partial charge in [-0.15, -0.1) is 0 Å². The quantitative estimate of drug-likeness (QED) is 0.647. The summed E-state index contributed by atoms with van der Waals surface area (Å²) < 4.78 is 0. The third kappa shape index (κ3) is 5.61. The molecule has 0 heterocycles. The predicted molar refractivity (Wildman–Crippen MR) is 64.8 cm³/mol. The summed E-state index contributed by atoms with van der Waals surface area (Å²) in [6, 6.07) is 1.42. The Kier molecular flexibility index (Phi) is 8.20. The van der Waals surface area contributed by atoms with Crippen LogP contribution in [0.25, 0.3) is 0 Å². The normalized spacial score (nSPS) is 13.9. The van der Waals surface area contributed by atoms with E-state index in [2.05, 4.69) is 45.0 Å². The molecule has 0 saturated heterocycles. The number of hydrogen-bond donors (Lipinski definition) is 1. The van der Waals surface area contributed by atoms with Crippen LogP contribution in [0.5, 0.6) is 0 Å². The largest absolute Gasteiger partial charge is 0.313 e. The molecule has 0 aromatic heterocycles. The van der Waals surface area contributed by atoms with Crippen molar-refractivity contribution in [1.82, 2.24) is 10.2 Å². The van der Waals surface area contributed by atoms with Crippen molar-refractivity contribution in [1.29, 1.82) is 0 Å². The summed E-state index contributed by atoms with van der Waals surface area (Å²) in [5, 5.41) is 3.59. The standard InChI is InChI=1S/C12H28N2/c1-6-11(4)14(5)10-9-13-12(7-2)8-3/h11-13H,6-10H2,1-5H3. The molecule has 0 aliphatic rings. The van der Waals surface area contributed by atoms with Gasteiger partial charge in [0.15, 0.2) is 0 Å². The molecule has 0 radical (unpaired) electrons. The second-order valence-corrected chi connectivity index (χ2v) is 4.21. The molecule has 0 aliphatic heterocycles. The monoisotopic (exact) mass is 200 g/mol. The van der Waals surface area contributed by atoms with Gasteiger partial charge in [-0.3, -0.25) is 0 Å². The van der Waals surface area contributed by atoms with Crippen molar-refractivity contribution in [2.75, 3.05) is 20.1 Å². The molecule has 0 saturated carbocycles. The fraction of sp³-hybridized carbons (Fsp3) is 1.00. The van der Waals surface area contributed by atoms with Gasteiger partial charge in [0.2, 0.25) is 0 Å². The second-order valence-electron chi connectivity index (χ2n) is 4.21. The summed E-state index contributed by atoms with van der Waals surface area (Å²) in [6.45, 7) is 11.3. The molecule has 0 aromatic carbocycles. The van der Waals surface area contributed by atoms with Crippen molar-refractivity contribution in [3.63, 3.8) is 0 Å². The van der Waals surface area contributed by atoms with E-state index in [0.29, 0.717) is 12.1 Å². The van der Waals surface area contributed by atoms with E-state index in [1.165, 1.54) is 19.3 Å².